The van der Waals surface area contributed by atoms with Crippen molar-refractivity contribution in [3.63, 3.8) is 0 Å². The van der Waals surface area contributed by atoms with Crippen LogP contribution in [0.3, 0.4) is 0 Å². The van der Waals surface area contributed by atoms with Gasteiger partial charge in [0.25, 0.3) is 5.91 Å². The summed E-state index contributed by atoms with van der Waals surface area (Å²) in [6.45, 7) is 1.19. The Labute approximate surface area is 143 Å². The number of halogens is 2. The van der Waals surface area contributed by atoms with E-state index in [2.05, 4.69) is 15.9 Å². The van der Waals surface area contributed by atoms with Gasteiger partial charge in [0.15, 0.2) is 0 Å². The van der Waals surface area contributed by atoms with E-state index in [1.807, 2.05) is 4.90 Å². The molecule has 0 saturated carbocycles. The minimum atomic E-state index is -0.847. The molecule has 1 atom stereocenters. The fourth-order valence-corrected chi connectivity index (χ4v) is 3.42. The molecular weight excluding hydrogens is 367 g/mol. The van der Waals surface area contributed by atoms with E-state index in [9.17, 15) is 14.0 Å². The highest BCUT2D eigenvalue weighted by Crippen LogP contribution is 2.22. The van der Waals surface area contributed by atoms with Gasteiger partial charge >= 0.3 is 5.97 Å². The Morgan fingerprint density at radius 2 is 2.13 bits per heavy atom. The monoisotopic (exact) mass is 386 g/mol. The van der Waals surface area contributed by atoms with Crippen LogP contribution in [-0.2, 0) is 4.79 Å². The van der Waals surface area contributed by atoms with Crippen LogP contribution in [0.25, 0.3) is 0 Å². The van der Waals surface area contributed by atoms with Crippen molar-refractivity contribution in [2.75, 3.05) is 26.7 Å². The lowest BCUT2D eigenvalue weighted by molar-refractivity contribution is -0.138. The summed E-state index contributed by atoms with van der Waals surface area (Å²) in [6, 6.07) is 4.20. The van der Waals surface area contributed by atoms with E-state index in [1.54, 1.807) is 11.9 Å². The van der Waals surface area contributed by atoms with E-state index in [1.165, 1.54) is 18.2 Å². The van der Waals surface area contributed by atoms with Crippen LogP contribution < -0.4 is 0 Å². The molecule has 5 nitrogen and oxygen atoms in total. The summed E-state index contributed by atoms with van der Waals surface area (Å²) in [5.41, 5.74) is 0.448. The zero-order valence-corrected chi connectivity index (χ0v) is 14.6. The molecule has 1 heterocycles. The van der Waals surface area contributed by atoms with Gasteiger partial charge in [0, 0.05) is 23.6 Å². The molecule has 1 aromatic rings. The Hall–Kier alpha value is -1.47. The van der Waals surface area contributed by atoms with Gasteiger partial charge in [-0.1, -0.05) is 0 Å². The molecule has 1 aromatic carbocycles. The van der Waals surface area contributed by atoms with Gasteiger partial charge in [-0.15, -0.1) is 0 Å². The molecule has 0 bridgehead atoms. The van der Waals surface area contributed by atoms with Crippen molar-refractivity contribution in [2.45, 2.75) is 25.3 Å². The quantitative estimate of drug-likeness (QED) is 0.863. The van der Waals surface area contributed by atoms with Crippen LogP contribution in [0.5, 0.6) is 0 Å². The number of hydrogen-bond donors (Lipinski definition) is 1. The number of carboxylic acids is 1. The number of hydrogen-bond acceptors (Lipinski definition) is 3. The van der Waals surface area contributed by atoms with Gasteiger partial charge in [-0.05, 0) is 60.4 Å². The lowest BCUT2D eigenvalue weighted by atomic mass is 10.1. The van der Waals surface area contributed by atoms with Crippen LogP contribution in [0, 0.1) is 5.82 Å². The lowest BCUT2D eigenvalue weighted by Gasteiger charge is -2.25. The van der Waals surface area contributed by atoms with Gasteiger partial charge in [0.05, 0.1) is 12.1 Å². The van der Waals surface area contributed by atoms with Crippen LogP contribution >= 0.6 is 15.9 Å². The molecule has 0 spiro atoms. The molecule has 1 fully saturated rings. The molecular formula is C16H20BrFN2O3. The molecule has 0 radical (unpaired) electrons. The van der Waals surface area contributed by atoms with E-state index in [0.717, 1.165) is 19.3 Å². The highest BCUT2D eigenvalue weighted by atomic mass is 79.9. The van der Waals surface area contributed by atoms with Crippen molar-refractivity contribution in [3.05, 3.63) is 34.1 Å². The summed E-state index contributed by atoms with van der Waals surface area (Å²) in [5, 5.41) is 8.88. The van der Waals surface area contributed by atoms with E-state index in [-0.39, 0.29) is 24.3 Å². The maximum Gasteiger partial charge on any atom is 0.317 e. The fourth-order valence-electron chi connectivity index (χ4n) is 2.90. The van der Waals surface area contributed by atoms with Gasteiger partial charge in [0.1, 0.15) is 5.82 Å². The summed E-state index contributed by atoms with van der Waals surface area (Å²) in [6.07, 6.45) is 2.41. The van der Waals surface area contributed by atoms with Crippen LogP contribution in [-0.4, -0.2) is 59.5 Å². The molecule has 126 valence electrons. The van der Waals surface area contributed by atoms with E-state index < -0.39 is 5.97 Å². The lowest BCUT2D eigenvalue weighted by Crippen LogP contribution is -2.37. The van der Waals surface area contributed by atoms with Gasteiger partial charge in [0.2, 0.25) is 0 Å². The predicted molar refractivity (Wildman–Crippen MR) is 87.9 cm³/mol. The van der Waals surface area contributed by atoms with Crippen LogP contribution in [0.1, 0.15) is 29.6 Å². The number of carbonyl (C=O) groups excluding carboxylic acids is 1. The number of rotatable bonds is 4. The number of amides is 1. The molecule has 1 saturated heterocycles. The first-order chi connectivity index (χ1) is 10.9. The largest absolute Gasteiger partial charge is 0.480 e. The first-order valence-electron chi connectivity index (χ1n) is 7.55. The van der Waals surface area contributed by atoms with Crippen molar-refractivity contribution >= 4 is 27.8 Å². The molecule has 2 rings (SSSR count). The normalized spacial score (nSPS) is 18.8. The number of nitrogens with zero attached hydrogens (tertiary/aromatic N) is 2. The minimum Gasteiger partial charge on any atom is -0.480 e. The molecule has 1 amide bonds. The number of aliphatic carboxylic acids is 1. The second-order valence-corrected chi connectivity index (χ2v) is 6.66. The highest BCUT2D eigenvalue weighted by molar-refractivity contribution is 9.10. The van der Waals surface area contributed by atoms with Crippen molar-refractivity contribution in [3.8, 4) is 0 Å². The van der Waals surface area contributed by atoms with E-state index >= 15 is 0 Å². The zero-order valence-electron chi connectivity index (χ0n) is 13.0. The summed E-state index contributed by atoms with van der Waals surface area (Å²) >= 11 is 3.24. The van der Waals surface area contributed by atoms with Crippen molar-refractivity contribution in [2.24, 2.45) is 0 Å². The minimum absolute atomic E-state index is 0.00211. The highest BCUT2D eigenvalue weighted by Gasteiger charge is 2.25. The Morgan fingerprint density at radius 3 is 2.78 bits per heavy atom. The van der Waals surface area contributed by atoms with Crippen molar-refractivity contribution in [1.82, 2.24) is 9.80 Å². The SMILES string of the molecule is CN(CC(=O)O)C1CCCN(C(=O)c2ccc(F)cc2Br)CC1. The van der Waals surface area contributed by atoms with Crippen LogP contribution in [0.4, 0.5) is 4.39 Å². The number of carboxylic acid groups (broad SMARTS) is 1. The van der Waals surface area contributed by atoms with Crippen molar-refractivity contribution < 1.29 is 19.1 Å². The smallest absolute Gasteiger partial charge is 0.317 e. The number of benzene rings is 1. The Bertz CT molecular complexity index is 597. The molecule has 1 aliphatic rings. The Kier molecular flexibility index (Phi) is 6.12. The van der Waals surface area contributed by atoms with E-state index in [0.29, 0.717) is 23.1 Å². The first kappa shape index (κ1) is 17.9. The summed E-state index contributed by atoms with van der Waals surface area (Å²) in [4.78, 5) is 27.0. The van der Waals surface area contributed by atoms with Gasteiger partial charge in [-0.25, -0.2) is 4.39 Å². The van der Waals surface area contributed by atoms with Crippen LogP contribution in [0.15, 0.2) is 22.7 Å². The summed E-state index contributed by atoms with van der Waals surface area (Å²) in [7, 11) is 1.80. The maximum absolute atomic E-state index is 13.2. The molecule has 0 aliphatic carbocycles. The molecule has 0 aromatic heterocycles. The standard InChI is InChI=1S/C16H20BrFN2O3/c1-19(10-15(21)22)12-3-2-7-20(8-6-12)16(23)13-5-4-11(18)9-14(13)17/h4-5,9,12H,2-3,6-8,10H2,1H3,(H,21,22). The number of likely N-dealkylation sites (N-methyl/N-ethyl adjacent to an activating group) is 1. The van der Waals surface area contributed by atoms with Crippen LogP contribution in [0.2, 0.25) is 0 Å². The Balaban J connectivity index is 2.02. The molecule has 7 heteroatoms. The predicted octanol–water partition coefficient (Wildman–Crippen LogP) is 2.60. The third kappa shape index (κ3) is 4.75. The fraction of sp³-hybridized carbons (Fsp3) is 0.500. The average Bonchev–Trinajstić information content (AvgIpc) is 2.71. The topological polar surface area (TPSA) is 60.9 Å². The second-order valence-electron chi connectivity index (χ2n) is 5.81. The summed E-state index contributed by atoms with van der Waals surface area (Å²) in [5.74, 6) is -1.36. The van der Waals surface area contributed by atoms with Gasteiger partial charge in [-0.3, -0.25) is 14.5 Å². The number of likely N-dealkylation sites (tertiary alicyclic amines) is 1. The molecule has 1 aliphatic heterocycles. The number of carbonyl (C=O) groups is 2. The Morgan fingerprint density at radius 1 is 1.39 bits per heavy atom. The van der Waals surface area contributed by atoms with Gasteiger partial charge < -0.3 is 10.0 Å². The van der Waals surface area contributed by atoms with Gasteiger partial charge in [-0.2, -0.15) is 0 Å². The molecule has 23 heavy (non-hydrogen) atoms. The first-order valence-corrected chi connectivity index (χ1v) is 8.34. The van der Waals surface area contributed by atoms with Crippen molar-refractivity contribution in [1.29, 1.82) is 0 Å². The molecule has 1 unspecified atom stereocenters. The zero-order chi connectivity index (χ0) is 17.0. The third-order valence-corrected chi connectivity index (χ3v) is 4.81. The average molecular weight is 387 g/mol. The van der Waals surface area contributed by atoms with E-state index in [4.69, 9.17) is 5.11 Å². The maximum atomic E-state index is 13.2. The summed E-state index contributed by atoms with van der Waals surface area (Å²) < 4.78 is 13.6. The third-order valence-electron chi connectivity index (χ3n) is 4.15. The second kappa shape index (κ2) is 7.88. The molecule has 1 N–H and O–H groups in total.